The Morgan fingerprint density at radius 2 is 1.93 bits per heavy atom. The van der Waals surface area contributed by atoms with E-state index >= 15 is 0 Å². The Morgan fingerprint density at radius 1 is 1.11 bits per heavy atom. The topological polar surface area (TPSA) is 85.7 Å². The number of H-pyrrole nitrogens is 1. The number of hydrogen-bond acceptors (Lipinski definition) is 4. The molecule has 0 aliphatic heterocycles. The van der Waals surface area contributed by atoms with Gasteiger partial charge >= 0.3 is 0 Å². The fourth-order valence-electron chi connectivity index (χ4n) is 3.11. The molecule has 6 heteroatoms. The van der Waals surface area contributed by atoms with Gasteiger partial charge in [0, 0.05) is 54.6 Å². The first-order valence-corrected chi connectivity index (χ1v) is 8.74. The molecule has 0 bridgehead atoms. The van der Waals surface area contributed by atoms with Crippen molar-refractivity contribution in [1.29, 1.82) is 5.26 Å². The zero-order chi connectivity index (χ0) is 19.7. The van der Waals surface area contributed by atoms with Crippen molar-refractivity contribution in [3.8, 4) is 28.3 Å². The average Bonchev–Trinajstić information content (AvgIpc) is 3.16. The number of nitrogens with zero attached hydrogens (tertiary/aromatic N) is 4. The monoisotopic (exact) mass is 367 g/mol. The number of amides is 1. The largest absolute Gasteiger partial charge is 0.346 e. The van der Waals surface area contributed by atoms with Crippen LogP contribution in [0.5, 0.6) is 0 Å². The maximum Gasteiger partial charge on any atom is 0.223 e. The maximum absolute atomic E-state index is 11.6. The maximum atomic E-state index is 11.6. The van der Waals surface area contributed by atoms with E-state index in [1.54, 1.807) is 36.6 Å². The molecule has 0 fully saturated rings. The van der Waals surface area contributed by atoms with Gasteiger partial charge < -0.3 is 9.88 Å². The molecule has 0 aliphatic rings. The zero-order valence-corrected chi connectivity index (χ0v) is 15.5. The molecule has 0 saturated heterocycles. The second kappa shape index (κ2) is 6.97. The molecule has 0 atom stereocenters. The predicted molar refractivity (Wildman–Crippen MR) is 109 cm³/mol. The summed E-state index contributed by atoms with van der Waals surface area (Å²) in [5.74, 6) is -0.0576. The Morgan fingerprint density at radius 3 is 2.71 bits per heavy atom. The van der Waals surface area contributed by atoms with Crippen LogP contribution in [0.15, 0.2) is 61.2 Å². The zero-order valence-electron chi connectivity index (χ0n) is 15.5. The van der Waals surface area contributed by atoms with Crippen LogP contribution in [-0.2, 0) is 4.79 Å². The van der Waals surface area contributed by atoms with Crippen molar-refractivity contribution in [3.05, 3.63) is 66.7 Å². The Bertz CT molecular complexity index is 1240. The first kappa shape index (κ1) is 17.4. The number of nitrogens with one attached hydrogen (secondary N) is 1. The standard InChI is InChI=1S/C22H17N5O/c1-14(28)27(2)19-7-17(10-24-12-19)18-8-20-21(13-26-22(20)25-11-18)16-5-3-4-15(6-16)9-23/h3-8,10-13H,1-2H3,(H,25,26). The van der Waals surface area contributed by atoms with E-state index in [1.807, 2.05) is 36.5 Å². The minimum atomic E-state index is -0.0576. The first-order valence-electron chi connectivity index (χ1n) is 8.74. The molecule has 1 aromatic carbocycles. The van der Waals surface area contributed by atoms with Gasteiger partial charge in [-0.15, -0.1) is 0 Å². The van der Waals surface area contributed by atoms with Crippen LogP contribution < -0.4 is 4.90 Å². The first-order chi connectivity index (χ1) is 13.6. The lowest BCUT2D eigenvalue weighted by molar-refractivity contribution is -0.116. The van der Waals surface area contributed by atoms with Crippen molar-refractivity contribution in [2.45, 2.75) is 6.92 Å². The Kier molecular flexibility index (Phi) is 4.34. The van der Waals surface area contributed by atoms with Crippen molar-refractivity contribution in [1.82, 2.24) is 15.0 Å². The van der Waals surface area contributed by atoms with Crippen LogP contribution in [0.4, 0.5) is 5.69 Å². The van der Waals surface area contributed by atoms with E-state index in [0.29, 0.717) is 5.56 Å². The number of pyridine rings is 2. The number of aromatic amines is 1. The number of nitriles is 1. The summed E-state index contributed by atoms with van der Waals surface area (Å²) in [5.41, 5.74) is 5.81. The number of anilines is 1. The molecule has 0 aliphatic carbocycles. The Labute approximate surface area is 162 Å². The minimum absolute atomic E-state index is 0.0576. The van der Waals surface area contributed by atoms with E-state index in [2.05, 4.69) is 21.0 Å². The van der Waals surface area contributed by atoms with E-state index in [0.717, 1.165) is 39.0 Å². The number of carbonyl (C=O) groups excluding carboxylic acids is 1. The van der Waals surface area contributed by atoms with Gasteiger partial charge in [-0.25, -0.2) is 4.98 Å². The van der Waals surface area contributed by atoms with Crippen LogP contribution in [0.2, 0.25) is 0 Å². The summed E-state index contributed by atoms with van der Waals surface area (Å²) in [6, 6.07) is 13.6. The lowest BCUT2D eigenvalue weighted by Crippen LogP contribution is -2.22. The molecular weight excluding hydrogens is 350 g/mol. The second-order valence-corrected chi connectivity index (χ2v) is 6.52. The second-order valence-electron chi connectivity index (χ2n) is 6.52. The minimum Gasteiger partial charge on any atom is -0.346 e. The molecule has 1 N–H and O–H groups in total. The highest BCUT2D eigenvalue weighted by Crippen LogP contribution is 2.32. The van der Waals surface area contributed by atoms with Gasteiger partial charge in [-0.05, 0) is 29.8 Å². The molecule has 6 nitrogen and oxygen atoms in total. The summed E-state index contributed by atoms with van der Waals surface area (Å²) < 4.78 is 0. The molecule has 0 unspecified atom stereocenters. The molecule has 0 saturated carbocycles. The molecule has 136 valence electrons. The molecule has 4 aromatic rings. The van der Waals surface area contributed by atoms with Gasteiger partial charge in [-0.3, -0.25) is 9.78 Å². The van der Waals surface area contributed by atoms with Gasteiger partial charge in [0.2, 0.25) is 5.91 Å². The van der Waals surface area contributed by atoms with E-state index in [4.69, 9.17) is 0 Å². The van der Waals surface area contributed by atoms with Crippen molar-refractivity contribution >= 4 is 22.6 Å². The highest BCUT2D eigenvalue weighted by atomic mass is 16.2. The number of benzene rings is 1. The van der Waals surface area contributed by atoms with Crippen molar-refractivity contribution in [2.24, 2.45) is 0 Å². The summed E-state index contributed by atoms with van der Waals surface area (Å²) in [5, 5.41) is 10.1. The van der Waals surface area contributed by atoms with Crippen molar-refractivity contribution in [3.63, 3.8) is 0 Å². The Hall–Kier alpha value is -3.98. The van der Waals surface area contributed by atoms with Gasteiger partial charge in [0.1, 0.15) is 5.65 Å². The fraction of sp³-hybridized carbons (Fsp3) is 0.0909. The van der Waals surface area contributed by atoms with E-state index in [9.17, 15) is 10.1 Å². The van der Waals surface area contributed by atoms with Crippen LogP contribution in [0, 0.1) is 11.3 Å². The average molecular weight is 367 g/mol. The van der Waals surface area contributed by atoms with E-state index in [-0.39, 0.29) is 5.91 Å². The molecule has 1 amide bonds. The third kappa shape index (κ3) is 3.10. The highest BCUT2D eigenvalue weighted by molar-refractivity contribution is 5.96. The van der Waals surface area contributed by atoms with Crippen molar-refractivity contribution < 1.29 is 4.79 Å². The lowest BCUT2D eigenvalue weighted by Gasteiger charge is -2.15. The fourth-order valence-corrected chi connectivity index (χ4v) is 3.11. The Balaban J connectivity index is 1.81. The lowest BCUT2D eigenvalue weighted by atomic mass is 10.0. The summed E-state index contributed by atoms with van der Waals surface area (Å²) >= 11 is 0. The van der Waals surface area contributed by atoms with Gasteiger partial charge in [0.15, 0.2) is 0 Å². The van der Waals surface area contributed by atoms with Gasteiger partial charge in [-0.2, -0.15) is 5.26 Å². The third-order valence-corrected chi connectivity index (χ3v) is 4.75. The summed E-state index contributed by atoms with van der Waals surface area (Å²) in [7, 11) is 1.72. The molecule has 0 radical (unpaired) electrons. The number of hydrogen-bond donors (Lipinski definition) is 1. The van der Waals surface area contributed by atoms with Gasteiger partial charge in [0.05, 0.1) is 23.5 Å². The quantitative estimate of drug-likeness (QED) is 0.589. The van der Waals surface area contributed by atoms with Crippen LogP contribution in [0.3, 0.4) is 0 Å². The van der Waals surface area contributed by atoms with E-state index < -0.39 is 0 Å². The summed E-state index contributed by atoms with van der Waals surface area (Å²) in [6.45, 7) is 1.52. The smallest absolute Gasteiger partial charge is 0.223 e. The molecule has 4 rings (SSSR count). The van der Waals surface area contributed by atoms with Crippen LogP contribution in [0.1, 0.15) is 12.5 Å². The van der Waals surface area contributed by atoms with Crippen LogP contribution in [-0.4, -0.2) is 27.9 Å². The molecule has 28 heavy (non-hydrogen) atoms. The molecule has 3 aromatic heterocycles. The summed E-state index contributed by atoms with van der Waals surface area (Å²) in [4.78, 5) is 25.2. The molecule has 0 spiro atoms. The third-order valence-electron chi connectivity index (χ3n) is 4.75. The van der Waals surface area contributed by atoms with Gasteiger partial charge in [0.25, 0.3) is 0 Å². The van der Waals surface area contributed by atoms with Crippen LogP contribution >= 0.6 is 0 Å². The highest BCUT2D eigenvalue weighted by Gasteiger charge is 2.12. The summed E-state index contributed by atoms with van der Waals surface area (Å²) in [6.07, 6.45) is 7.09. The SMILES string of the molecule is CC(=O)N(C)c1cncc(-c2cnc3[nH]cc(-c4cccc(C#N)c4)c3c2)c1. The van der Waals surface area contributed by atoms with Gasteiger partial charge in [-0.1, -0.05) is 12.1 Å². The van der Waals surface area contributed by atoms with E-state index in [1.165, 1.54) is 6.92 Å². The number of carbonyl (C=O) groups is 1. The number of aromatic nitrogens is 3. The van der Waals surface area contributed by atoms with Crippen LogP contribution in [0.25, 0.3) is 33.3 Å². The number of fused-ring (bicyclic) bond motifs is 1. The molecule has 3 heterocycles. The molecular formula is C22H17N5O. The predicted octanol–water partition coefficient (Wildman–Crippen LogP) is 4.15. The number of rotatable bonds is 3. The normalized spacial score (nSPS) is 10.6. The van der Waals surface area contributed by atoms with Crippen molar-refractivity contribution in [2.75, 3.05) is 11.9 Å².